The summed E-state index contributed by atoms with van der Waals surface area (Å²) in [5, 5.41) is 0. The summed E-state index contributed by atoms with van der Waals surface area (Å²) in [7, 11) is 0. The summed E-state index contributed by atoms with van der Waals surface area (Å²) in [6.07, 6.45) is 2.24. The van der Waals surface area contributed by atoms with Gasteiger partial charge in [-0.15, -0.1) is 0 Å². The number of benzene rings is 1. The highest BCUT2D eigenvalue weighted by Crippen LogP contribution is 2.28. The molecule has 128 valence electrons. The highest BCUT2D eigenvalue weighted by molar-refractivity contribution is 5.84. The van der Waals surface area contributed by atoms with Gasteiger partial charge >= 0.3 is 0 Å². The number of ether oxygens (including phenoxy) is 1. The molecule has 3 rings (SSSR count). The molecule has 0 spiro atoms. The lowest BCUT2D eigenvalue weighted by Crippen LogP contribution is -2.48. The van der Waals surface area contributed by atoms with Crippen LogP contribution in [-0.2, 0) is 9.53 Å². The molecule has 2 saturated heterocycles. The third-order valence-electron chi connectivity index (χ3n) is 4.60. The Morgan fingerprint density at radius 1 is 1.13 bits per heavy atom. The van der Waals surface area contributed by atoms with Gasteiger partial charge < -0.3 is 9.64 Å². The van der Waals surface area contributed by atoms with Crippen molar-refractivity contribution in [3.05, 3.63) is 35.9 Å². The van der Waals surface area contributed by atoms with Crippen LogP contribution in [0, 0.1) is 0 Å². The normalized spacial score (nSPS) is 23.1. The lowest BCUT2D eigenvalue weighted by molar-refractivity contribution is -0.139. The molecule has 4 heteroatoms. The summed E-state index contributed by atoms with van der Waals surface area (Å²) < 4.78 is 5.45. The summed E-state index contributed by atoms with van der Waals surface area (Å²) >= 11 is 0. The lowest BCUT2D eigenvalue weighted by Gasteiger charge is -2.37. The van der Waals surface area contributed by atoms with Crippen molar-refractivity contribution in [3.63, 3.8) is 0 Å². The van der Waals surface area contributed by atoms with Crippen molar-refractivity contribution in [2.24, 2.45) is 0 Å². The van der Waals surface area contributed by atoms with Crippen LogP contribution in [0.5, 0.6) is 0 Å². The van der Waals surface area contributed by atoms with Crippen molar-refractivity contribution >= 4 is 5.91 Å². The number of amides is 1. The molecule has 1 amide bonds. The highest BCUT2D eigenvalue weighted by atomic mass is 16.5. The first-order chi connectivity index (χ1) is 11.3. The number of morpholine rings is 1. The van der Waals surface area contributed by atoms with Gasteiger partial charge in [-0.2, -0.15) is 0 Å². The van der Waals surface area contributed by atoms with Crippen LogP contribution in [0.1, 0.15) is 45.2 Å². The number of carbonyl (C=O) groups is 1. The zero-order valence-electron chi connectivity index (χ0n) is 14.7. The van der Waals surface area contributed by atoms with Gasteiger partial charge in [-0.05, 0) is 25.3 Å². The number of hydrogen-bond acceptors (Lipinski definition) is 3. The number of nitrogens with zero attached hydrogens (tertiary/aromatic N) is 2. The molecular weight excluding hydrogens is 288 g/mol. The zero-order chi connectivity index (χ0) is 16.7. The number of carbonyl (C=O) groups excluding carboxylic acids is 1. The van der Waals surface area contributed by atoms with E-state index in [4.69, 9.17) is 4.74 Å². The molecule has 2 unspecified atom stereocenters. The highest BCUT2D eigenvalue weighted by Gasteiger charge is 2.35. The minimum Gasteiger partial charge on any atom is -0.379 e. The quantitative estimate of drug-likeness (QED) is 0.858. The van der Waals surface area contributed by atoms with E-state index in [1.165, 1.54) is 0 Å². The van der Waals surface area contributed by atoms with E-state index < -0.39 is 0 Å². The topological polar surface area (TPSA) is 32.8 Å². The van der Waals surface area contributed by atoms with Crippen molar-refractivity contribution in [3.8, 4) is 0 Å². The monoisotopic (exact) mass is 318 g/mol. The lowest BCUT2D eigenvalue weighted by atomic mass is 10.0. The zero-order valence-corrected chi connectivity index (χ0v) is 14.7. The van der Waals surface area contributed by atoms with Crippen LogP contribution < -0.4 is 0 Å². The summed E-state index contributed by atoms with van der Waals surface area (Å²) in [5.74, 6) is 0.258. The molecule has 2 aliphatic heterocycles. The second-order valence-corrected chi connectivity index (χ2v) is 5.98. The molecule has 0 bridgehead atoms. The molecule has 2 heterocycles. The Labute approximate surface area is 140 Å². The van der Waals surface area contributed by atoms with Crippen molar-refractivity contribution < 1.29 is 9.53 Å². The predicted molar refractivity (Wildman–Crippen MR) is 93.3 cm³/mol. The molecule has 0 aliphatic carbocycles. The predicted octanol–water partition coefficient (Wildman–Crippen LogP) is 3.10. The van der Waals surface area contributed by atoms with E-state index in [1.54, 1.807) is 0 Å². The van der Waals surface area contributed by atoms with Gasteiger partial charge in [-0.3, -0.25) is 9.69 Å². The van der Waals surface area contributed by atoms with E-state index in [2.05, 4.69) is 28.9 Å². The first-order valence-corrected chi connectivity index (χ1v) is 8.94. The van der Waals surface area contributed by atoms with Crippen molar-refractivity contribution in [2.45, 2.75) is 45.7 Å². The van der Waals surface area contributed by atoms with Crippen LogP contribution in [0.2, 0.25) is 0 Å². The SMILES string of the molecule is CC.CC1CCCN1C(=O)C(c1ccccc1)N1CCOCC1. The number of likely N-dealkylation sites (tertiary alicyclic amines) is 1. The van der Waals surface area contributed by atoms with Crippen LogP contribution >= 0.6 is 0 Å². The molecule has 23 heavy (non-hydrogen) atoms. The fraction of sp³-hybridized carbons (Fsp3) is 0.632. The fourth-order valence-electron chi connectivity index (χ4n) is 3.40. The van der Waals surface area contributed by atoms with Crippen molar-refractivity contribution in [1.82, 2.24) is 9.80 Å². The summed E-state index contributed by atoms with van der Waals surface area (Å²) in [5.41, 5.74) is 1.10. The maximum atomic E-state index is 13.1. The van der Waals surface area contributed by atoms with Gasteiger partial charge in [0.05, 0.1) is 13.2 Å². The van der Waals surface area contributed by atoms with Gasteiger partial charge in [0.15, 0.2) is 0 Å². The van der Waals surface area contributed by atoms with Gasteiger partial charge in [0.2, 0.25) is 5.91 Å². The Bertz CT molecular complexity index is 472. The smallest absolute Gasteiger partial charge is 0.244 e. The maximum Gasteiger partial charge on any atom is 0.244 e. The van der Waals surface area contributed by atoms with Gasteiger partial charge in [0, 0.05) is 25.7 Å². The average Bonchev–Trinajstić information content (AvgIpc) is 3.05. The van der Waals surface area contributed by atoms with E-state index in [0.29, 0.717) is 19.3 Å². The van der Waals surface area contributed by atoms with E-state index in [0.717, 1.165) is 38.0 Å². The number of rotatable bonds is 3. The van der Waals surface area contributed by atoms with Crippen LogP contribution in [0.3, 0.4) is 0 Å². The largest absolute Gasteiger partial charge is 0.379 e. The third kappa shape index (κ3) is 4.33. The Morgan fingerprint density at radius 2 is 1.78 bits per heavy atom. The summed E-state index contributed by atoms with van der Waals surface area (Å²) in [4.78, 5) is 17.4. The molecule has 4 nitrogen and oxygen atoms in total. The van der Waals surface area contributed by atoms with Crippen molar-refractivity contribution in [1.29, 1.82) is 0 Å². The van der Waals surface area contributed by atoms with Crippen LogP contribution in [0.4, 0.5) is 0 Å². The molecule has 2 atom stereocenters. The molecule has 0 radical (unpaired) electrons. The van der Waals surface area contributed by atoms with Crippen LogP contribution in [0.15, 0.2) is 30.3 Å². The molecule has 2 fully saturated rings. The Hall–Kier alpha value is -1.39. The second kappa shape index (κ2) is 9.04. The molecule has 1 aromatic carbocycles. The molecule has 2 aliphatic rings. The molecular formula is C19H30N2O2. The second-order valence-electron chi connectivity index (χ2n) is 5.98. The molecule has 0 aromatic heterocycles. The summed E-state index contributed by atoms with van der Waals surface area (Å²) in [6.45, 7) is 10.1. The van der Waals surface area contributed by atoms with E-state index in [-0.39, 0.29) is 11.9 Å². The average molecular weight is 318 g/mol. The first-order valence-electron chi connectivity index (χ1n) is 8.94. The first kappa shape index (κ1) is 18.0. The molecule has 0 saturated carbocycles. The minimum atomic E-state index is -0.157. The van der Waals surface area contributed by atoms with E-state index >= 15 is 0 Å². The van der Waals surface area contributed by atoms with Crippen molar-refractivity contribution in [2.75, 3.05) is 32.8 Å². The molecule has 1 aromatic rings. The van der Waals surface area contributed by atoms with E-state index in [9.17, 15) is 4.79 Å². The Balaban J connectivity index is 0.000000924. The van der Waals surface area contributed by atoms with Gasteiger partial charge in [-0.25, -0.2) is 0 Å². The Morgan fingerprint density at radius 3 is 2.35 bits per heavy atom. The van der Waals surface area contributed by atoms with Gasteiger partial charge in [0.1, 0.15) is 6.04 Å². The van der Waals surface area contributed by atoms with Gasteiger partial charge in [0.25, 0.3) is 0 Å². The van der Waals surface area contributed by atoms with Gasteiger partial charge in [-0.1, -0.05) is 44.2 Å². The van der Waals surface area contributed by atoms with Crippen LogP contribution in [0.25, 0.3) is 0 Å². The maximum absolute atomic E-state index is 13.1. The Kier molecular flexibility index (Phi) is 7.06. The molecule has 0 N–H and O–H groups in total. The van der Waals surface area contributed by atoms with Crippen LogP contribution in [-0.4, -0.2) is 54.6 Å². The summed E-state index contributed by atoms with van der Waals surface area (Å²) in [6, 6.07) is 10.4. The standard InChI is InChI=1S/C17H24N2O2.C2H6/c1-14-6-5-9-19(14)17(20)16(15-7-3-2-4-8-15)18-10-12-21-13-11-18;1-2/h2-4,7-8,14,16H,5-6,9-13H2,1H3;1-2H3. The number of hydrogen-bond donors (Lipinski definition) is 0. The fourth-order valence-corrected chi connectivity index (χ4v) is 3.40. The van der Waals surface area contributed by atoms with E-state index in [1.807, 2.05) is 32.0 Å². The third-order valence-corrected chi connectivity index (χ3v) is 4.60. The minimum absolute atomic E-state index is 0.157.